The van der Waals surface area contributed by atoms with Gasteiger partial charge in [-0.25, -0.2) is 8.78 Å². The highest BCUT2D eigenvalue weighted by molar-refractivity contribution is 5.79. The summed E-state index contributed by atoms with van der Waals surface area (Å²) in [6.45, 7) is 0.191. The molecule has 2 rings (SSSR count). The molecule has 1 amide bonds. The Bertz CT molecular complexity index is 292. The van der Waals surface area contributed by atoms with E-state index in [2.05, 4.69) is 0 Å². The van der Waals surface area contributed by atoms with Crippen molar-refractivity contribution >= 4 is 5.91 Å². The van der Waals surface area contributed by atoms with Gasteiger partial charge in [-0.1, -0.05) is 0 Å². The monoisotopic (exact) mass is 247 g/mol. The second-order valence-corrected chi connectivity index (χ2v) is 5.14. The van der Waals surface area contributed by atoms with E-state index in [4.69, 9.17) is 5.11 Å². The third-order valence-corrected chi connectivity index (χ3v) is 3.89. The van der Waals surface area contributed by atoms with Crippen LogP contribution in [0.4, 0.5) is 8.78 Å². The van der Waals surface area contributed by atoms with Crippen LogP contribution in [0.5, 0.6) is 0 Å². The quantitative estimate of drug-likeness (QED) is 0.823. The van der Waals surface area contributed by atoms with Gasteiger partial charge in [0.05, 0.1) is 6.61 Å². The highest BCUT2D eigenvalue weighted by Gasteiger charge is 2.44. The largest absolute Gasteiger partial charge is 0.395 e. The molecule has 0 aromatic heterocycles. The lowest BCUT2D eigenvalue weighted by atomic mass is 9.90. The Hall–Kier alpha value is -0.710. The fourth-order valence-electron chi connectivity index (χ4n) is 2.67. The number of alkyl halides is 2. The number of hydrogen-bond acceptors (Lipinski definition) is 2. The summed E-state index contributed by atoms with van der Waals surface area (Å²) in [4.78, 5) is 13.8. The van der Waals surface area contributed by atoms with E-state index in [-0.39, 0.29) is 44.4 Å². The van der Waals surface area contributed by atoms with Crippen molar-refractivity contribution in [3.05, 3.63) is 0 Å². The lowest BCUT2D eigenvalue weighted by molar-refractivity contribution is -0.141. The fraction of sp³-hybridized carbons (Fsp3) is 0.917. The van der Waals surface area contributed by atoms with Gasteiger partial charge in [-0.2, -0.15) is 0 Å². The first-order chi connectivity index (χ1) is 8.03. The first kappa shape index (κ1) is 12.7. The number of halogens is 2. The van der Waals surface area contributed by atoms with E-state index < -0.39 is 11.8 Å². The number of hydrogen-bond donors (Lipinski definition) is 1. The van der Waals surface area contributed by atoms with E-state index in [1.165, 1.54) is 0 Å². The van der Waals surface area contributed by atoms with Crippen molar-refractivity contribution in [2.24, 2.45) is 5.92 Å². The van der Waals surface area contributed by atoms with Gasteiger partial charge in [0.15, 0.2) is 0 Å². The Kier molecular flexibility index (Phi) is 3.66. The molecule has 2 saturated carbocycles. The zero-order valence-electron chi connectivity index (χ0n) is 9.87. The van der Waals surface area contributed by atoms with Gasteiger partial charge in [-0.3, -0.25) is 4.79 Å². The lowest BCUT2D eigenvalue weighted by Gasteiger charge is -2.38. The summed E-state index contributed by atoms with van der Waals surface area (Å²) in [5.41, 5.74) is 0. The van der Waals surface area contributed by atoms with Gasteiger partial charge in [0.25, 0.3) is 0 Å². The minimum absolute atomic E-state index is 0.0919. The summed E-state index contributed by atoms with van der Waals surface area (Å²) in [6, 6.07) is 0.170. The first-order valence-corrected chi connectivity index (χ1v) is 6.33. The van der Waals surface area contributed by atoms with Crippen LogP contribution in [0.25, 0.3) is 0 Å². The fourth-order valence-corrected chi connectivity index (χ4v) is 2.67. The van der Waals surface area contributed by atoms with Gasteiger partial charge in [0.2, 0.25) is 11.8 Å². The maximum atomic E-state index is 13.1. The van der Waals surface area contributed by atoms with E-state index in [1.54, 1.807) is 4.90 Å². The van der Waals surface area contributed by atoms with Crippen molar-refractivity contribution in [3.63, 3.8) is 0 Å². The van der Waals surface area contributed by atoms with Crippen molar-refractivity contribution in [2.75, 3.05) is 13.2 Å². The molecule has 98 valence electrons. The molecular weight excluding hydrogens is 228 g/mol. The van der Waals surface area contributed by atoms with Crippen LogP contribution in [0.3, 0.4) is 0 Å². The SMILES string of the molecule is O=C(C1CCC(F)(F)C1)N(CCO)C1CCC1. The van der Waals surface area contributed by atoms with Crippen LogP contribution in [0.1, 0.15) is 38.5 Å². The normalized spacial score (nSPS) is 27.8. The van der Waals surface area contributed by atoms with Crippen LogP contribution in [0, 0.1) is 5.92 Å². The zero-order chi connectivity index (χ0) is 12.5. The molecule has 2 aliphatic rings. The topological polar surface area (TPSA) is 40.5 Å². The molecule has 2 aliphatic carbocycles. The zero-order valence-corrected chi connectivity index (χ0v) is 9.87. The standard InChI is InChI=1S/C12H19F2NO2/c13-12(14)5-4-9(8-12)11(17)15(6-7-16)10-2-1-3-10/h9-10,16H,1-8H2. The van der Waals surface area contributed by atoms with Gasteiger partial charge in [0.1, 0.15) is 0 Å². The number of carbonyl (C=O) groups is 1. The van der Waals surface area contributed by atoms with Gasteiger partial charge in [0, 0.05) is 31.3 Å². The summed E-state index contributed by atoms with van der Waals surface area (Å²) in [6.07, 6.45) is 2.74. The average Bonchev–Trinajstić information content (AvgIpc) is 2.54. The minimum atomic E-state index is -2.68. The van der Waals surface area contributed by atoms with Crippen LogP contribution in [-0.4, -0.2) is 41.0 Å². The molecule has 1 unspecified atom stereocenters. The molecule has 0 spiro atoms. The molecule has 0 aliphatic heterocycles. The van der Waals surface area contributed by atoms with Gasteiger partial charge in [-0.05, 0) is 25.7 Å². The number of aliphatic hydroxyl groups is 1. The Morgan fingerprint density at radius 3 is 2.47 bits per heavy atom. The minimum Gasteiger partial charge on any atom is -0.395 e. The van der Waals surface area contributed by atoms with Crippen molar-refractivity contribution in [1.82, 2.24) is 4.90 Å². The maximum Gasteiger partial charge on any atom is 0.248 e. The van der Waals surface area contributed by atoms with E-state index >= 15 is 0 Å². The number of carbonyl (C=O) groups excluding carboxylic acids is 1. The molecule has 0 aromatic rings. The summed E-state index contributed by atoms with van der Waals surface area (Å²) in [7, 11) is 0. The molecule has 0 aromatic carbocycles. The van der Waals surface area contributed by atoms with Crippen LogP contribution < -0.4 is 0 Å². The first-order valence-electron chi connectivity index (χ1n) is 6.33. The molecule has 17 heavy (non-hydrogen) atoms. The molecule has 5 heteroatoms. The lowest BCUT2D eigenvalue weighted by Crippen LogP contribution is -2.47. The Morgan fingerprint density at radius 1 is 1.35 bits per heavy atom. The third kappa shape index (κ3) is 2.76. The average molecular weight is 247 g/mol. The third-order valence-electron chi connectivity index (χ3n) is 3.89. The Balaban J connectivity index is 1.96. The van der Waals surface area contributed by atoms with Crippen LogP contribution >= 0.6 is 0 Å². The van der Waals surface area contributed by atoms with Crippen LogP contribution in [0.15, 0.2) is 0 Å². The molecule has 3 nitrogen and oxygen atoms in total. The molecule has 1 atom stereocenters. The van der Waals surface area contributed by atoms with Crippen LogP contribution in [-0.2, 0) is 4.79 Å². The van der Waals surface area contributed by atoms with E-state index in [0.717, 1.165) is 19.3 Å². The number of aliphatic hydroxyl groups excluding tert-OH is 1. The predicted molar refractivity (Wildman–Crippen MR) is 58.7 cm³/mol. The molecule has 0 saturated heterocycles. The predicted octanol–water partition coefficient (Wildman–Crippen LogP) is 1.80. The van der Waals surface area contributed by atoms with Crippen LogP contribution in [0.2, 0.25) is 0 Å². The van der Waals surface area contributed by atoms with Crippen molar-refractivity contribution in [3.8, 4) is 0 Å². The van der Waals surface area contributed by atoms with Crippen molar-refractivity contribution < 1.29 is 18.7 Å². The Labute approximate surface area is 99.8 Å². The number of rotatable bonds is 4. The second kappa shape index (κ2) is 4.88. The summed E-state index contributed by atoms with van der Waals surface area (Å²) >= 11 is 0. The molecule has 2 fully saturated rings. The number of amides is 1. The highest BCUT2D eigenvalue weighted by Crippen LogP contribution is 2.40. The van der Waals surface area contributed by atoms with Gasteiger partial charge >= 0.3 is 0 Å². The molecule has 1 N–H and O–H groups in total. The van der Waals surface area contributed by atoms with E-state index in [9.17, 15) is 13.6 Å². The maximum absolute atomic E-state index is 13.1. The number of nitrogens with zero attached hydrogens (tertiary/aromatic N) is 1. The van der Waals surface area contributed by atoms with E-state index in [0.29, 0.717) is 0 Å². The molecular formula is C12H19F2NO2. The van der Waals surface area contributed by atoms with Gasteiger partial charge < -0.3 is 10.0 Å². The second-order valence-electron chi connectivity index (χ2n) is 5.14. The molecule has 0 bridgehead atoms. The van der Waals surface area contributed by atoms with Crippen molar-refractivity contribution in [1.29, 1.82) is 0 Å². The summed E-state index contributed by atoms with van der Waals surface area (Å²) in [5.74, 6) is -3.40. The molecule has 0 radical (unpaired) electrons. The summed E-state index contributed by atoms with van der Waals surface area (Å²) in [5, 5.41) is 8.96. The summed E-state index contributed by atoms with van der Waals surface area (Å²) < 4.78 is 26.2. The van der Waals surface area contributed by atoms with Crippen molar-refractivity contribution in [2.45, 2.75) is 50.5 Å². The Morgan fingerprint density at radius 2 is 2.06 bits per heavy atom. The smallest absolute Gasteiger partial charge is 0.248 e. The van der Waals surface area contributed by atoms with Gasteiger partial charge in [-0.15, -0.1) is 0 Å². The highest BCUT2D eigenvalue weighted by atomic mass is 19.3. The molecule has 0 heterocycles. The van der Waals surface area contributed by atoms with E-state index in [1.807, 2.05) is 0 Å².